The summed E-state index contributed by atoms with van der Waals surface area (Å²) in [5.41, 5.74) is 0.964. The third-order valence-electron chi connectivity index (χ3n) is 2.29. The number of nitrogens with one attached hydrogen (secondary N) is 1. The molecule has 0 fully saturated rings. The summed E-state index contributed by atoms with van der Waals surface area (Å²) >= 11 is 13.5. The molecule has 2 rings (SSSR count). The Morgan fingerprint density at radius 2 is 2.12 bits per heavy atom. The second-order valence-electron chi connectivity index (χ2n) is 3.56. The van der Waals surface area contributed by atoms with Crippen LogP contribution in [0.15, 0.2) is 24.4 Å². The standard InChI is InChI=1S/C12H12Cl2N2S/c1-2-12-16-7-9(17-12)6-15-8-3-4-10(13)11(14)5-8/h3-5,7,15H,2,6H2,1H3. The molecule has 0 aliphatic heterocycles. The third-order valence-corrected chi connectivity index (χ3v) is 4.17. The lowest BCUT2D eigenvalue weighted by Crippen LogP contribution is -1.96. The molecule has 90 valence electrons. The zero-order valence-corrected chi connectivity index (χ0v) is 11.7. The number of nitrogens with zero attached hydrogens (tertiary/aromatic N) is 1. The van der Waals surface area contributed by atoms with E-state index in [4.69, 9.17) is 23.2 Å². The topological polar surface area (TPSA) is 24.9 Å². The number of aryl methyl sites for hydroxylation is 1. The van der Waals surface area contributed by atoms with Gasteiger partial charge in [0.2, 0.25) is 0 Å². The molecule has 0 aliphatic carbocycles. The molecule has 1 N–H and O–H groups in total. The van der Waals surface area contributed by atoms with E-state index < -0.39 is 0 Å². The third kappa shape index (κ3) is 3.35. The second kappa shape index (κ2) is 5.71. The van der Waals surface area contributed by atoms with Crippen molar-refractivity contribution in [2.24, 2.45) is 0 Å². The van der Waals surface area contributed by atoms with E-state index in [2.05, 4.69) is 17.2 Å². The maximum absolute atomic E-state index is 5.94. The minimum Gasteiger partial charge on any atom is -0.380 e. The van der Waals surface area contributed by atoms with Crippen molar-refractivity contribution in [3.8, 4) is 0 Å². The Morgan fingerprint density at radius 3 is 2.76 bits per heavy atom. The first-order chi connectivity index (χ1) is 8.19. The molecule has 5 heteroatoms. The van der Waals surface area contributed by atoms with Crippen LogP contribution in [0.25, 0.3) is 0 Å². The van der Waals surface area contributed by atoms with E-state index >= 15 is 0 Å². The van der Waals surface area contributed by atoms with Gasteiger partial charge in [-0.15, -0.1) is 11.3 Å². The van der Waals surface area contributed by atoms with Crippen LogP contribution in [0, 0.1) is 0 Å². The number of anilines is 1. The molecular weight excluding hydrogens is 275 g/mol. The van der Waals surface area contributed by atoms with Crippen molar-refractivity contribution in [1.82, 2.24) is 4.98 Å². The highest BCUT2D eigenvalue weighted by molar-refractivity contribution is 7.11. The summed E-state index contributed by atoms with van der Waals surface area (Å²) in [5.74, 6) is 0. The molecule has 0 atom stereocenters. The smallest absolute Gasteiger partial charge is 0.0925 e. The summed E-state index contributed by atoms with van der Waals surface area (Å²) < 4.78 is 0. The normalized spacial score (nSPS) is 10.5. The summed E-state index contributed by atoms with van der Waals surface area (Å²) in [5, 5.41) is 5.59. The van der Waals surface area contributed by atoms with Gasteiger partial charge in [-0.3, -0.25) is 0 Å². The summed E-state index contributed by atoms with van der Waals surface area (Å²) in [4.78, 5) is 5.53. The predicted molar refractivity (Wildman–Crippen MR) is 75.3 cm³/mol. The van der Waals surface area contributed by atoms with Crippen molar-refractivity contribution in [2.45, 2.75) is 19.9 Å². The van der Waals surface area contributed by atoms with E-state index in [1.54, 1.807) is 17.4 Å². The molecule has 0 bridgehead atoms. The highest BCUT2D eigenvalue weighted by Gasteiger charge is 2.02. The molecule has 0 radical (unpaired) electrons. The maximum atomic E-state index is 5.94. The van der Waals surface area contributed by atoms with E-state index in [0.29, 0.717) is 10.0 Å². The Hall–Kier alpha value is -0.770. The average Bonchev–Trinajstić information content (AvgIpc) is 2.79. The monoisotopic (exact) mass is 286 g/mol. The Kier molecular flexibility index (Phi) is 4.26. The van der Waals surface area contributed by atoms with Crippen LogP contribution in [-0.2, 0) is 13.0 Å². The number of aromatic nitrogens is 1. The first-order valence-corrected chi connectivity index (χ1v) is 6.88. The van der Waals surface area contributed by atoms with Crippen molar-refractivity contribution in [2.75, 3.05) is 5.32 Å². The molecule has 1 aromatic carbocycles. The van der Waals surface area contributed by atoms with Crippen molar-refractivity contribution >= 4 is 40.2 Å². The van der Waals surface area contributed by atoms with Gasteiger partial charge in [0.15, 0.2) is 0 Å². The Bertz CT molecular complexity index is 511. The van der Waals surface area contributed by atoms with Gasteiger partial charge in [0, 0.05) is 16.8 Å². The molecule has 0 spiro atoms. The number of thiazole rings is 1. The molecule has 0 amide bonds. The van der Waals surface area contributed by atoms with Gasteiger partial charge in [0.25, 0.3) is 0 Å². The Labute approximate surface area is 115 Å². The molecular formula is C12H12Cl2N2S. The molecule has 0 saturated carbocycles. The second-order valence-corrected chi connectivity index (χ2v) is 5.57. The minimum atomic E-state index is 0.565. The lowest BCUT2D eigenvalue weighted by Gasteiger charge is -2.05. The molecule has 2 nitrogen and oxygen atoms in total. The van der Waals surface area contributed by atoms with Crippen LogP contribution in [0.1, 0.15) is 16.8 Å². The van der Waals surface area contributed by atoms with Crippen LogP contribution >= 0.6 is 34.5 Å². The van der Waals surface area contributed by atoms with Crippen molar-refractivity contribution in [3.05, 3.63) is 44.3 Å². The fraction of sp³-hybridized carbons (Fsp3) is 0.250. The molecule has 0 saturated heterocycles. The van der Waals surface area contributed by atoms with Crippen molar-refractivity contribution in [1.29, 1.82) is 0 Å². The zero-order valence-electron chi connectivity index (χ0n) is 9.34. The highest BCUT2D eigenvalue weighted by atomic mass is 35.5. The van der Waals surface area contributed by atoms with Gasteiger partial charge < -0.3 is 5.32 Å². The maximum Gasteiger partial charge on any atom is 0.0925 e. The fourth-order valence-electron chi connectivity index (χ4n) is 1.39. The highest BCUT2D eigenvalue weighted by Crippen LogP contribution is 2.25. The molecule has 1 heterocycles. The van der Waals surface area contributed by atoms with Gasteiger partial charge in [-0.1, -0.05) is 30.1 Å². The van der Waals surface area contributed by atoms with E-state index in [-0.39, 0.29) is 0 Å². The molecule has 2 aromatic rings. The summed E-state index contributed by atoms with van der Waals surface area (Å²) in [6, 6.07) is 5.53. The number of rotatable bonds is 4. The van der Waals surface area contributed by atoms with Crippen LogP contribution in [0.2, 0.25) is 10.0 Å². The Morgan fingerprint density at radius 1 is 1.29 bits per heavy atom. The predicted octanol–water partition coefficient (Wildman–Crippen LogP) is 4.62. The fourth-order valence-corrected chi connectivity index (χ4v) is 2.49. The lowest BCUT2D eigenvalue weighted by molar-refractivity contribution is 1.09. The van der Waals surface area contributed by atoms with Crippen LogP contribution in [0.5, 0.6) is 0 Å². The molecule has 0 aliphatic rings. The Balaban J connectivity index is 1.99. The number of halogens is 2. The zero-order chi connectivity index (χ0) is 12.3. The summed E-state index contributed by atoms with van der Waals surface area (Å²) in [6.45, 7) is 2.87. The van der Waals surface area contributed by atoms with Crippen LogP contribution in [0.3, 0.4) is 0 Å². The minimum absolute atomic E-state index is 0.565. The van der Waals surface area contributed by atoms with Crippen molar-refractivity contribution in [3.63, 3.8) is 0 Å². The van der Waals surface area contributed by atoms with Gasteiger partial charge >= 0.3 is 0 Å². The number of hydrogen-bond acceptors (Lipinski definition) is 3. The average molecular weight is 287 g/mol. The molecule has 0 unspecified atom stereocenters. The van der Waals surface area contributed by atoms with Crippen LogP contribution < -0.4 is 5.32 Å². The van der Waals surface area contributed by atoms with Gasteiger partial charge in [0.1, 0.15) is 0 Å². The first-order valence-electron chi connectivity index (χ1n) is 5.31. The SMILES string of the molecule is CCc1ncc(CNc2ccc(Cl)c(Cl)c2)s1. The number of benzene rings is 1. The van der Waals surface area contributed by atoms with E-state index in [9.17, 15) is 0 Å². The van der Waals surface area contributed by atoms with E-state index in [1.807, 2.05) is 18.3 Å². The molecule has 1 aromatic heterocycles. The number of hydrogen-bond donors (Lipinski definition) is 1. The first kappa shape index (κ1) is 12.7. The quantitative estimate of drug-likeness (QED) is 0.887. The summed E-state index contributed by atoms with van der Waals surface area (Å²) in [6.07, 6.45) is 2.89. The van der Waals surface area contributed by atoms with Crippen LogP contribution in [-0.4, -0.2) is 4.98 Å². The largest absolute Gasteiger partial charge is 0.380 e. The molecule has 17 heavy (non-hydrogen) atoms. The van der Waals surface area contributed by atoms with Crippen LogP contribution in [0.4, 0.5) is 5.69 Å². The lowest BCUT2D eigenvalue weighted by atomic mass is 10.3. The van der Waals surface area contributed by atoms with Gasteiger partial charge in [-0.05, 0) is 24.6 Å². The van der Waals surface area contributed by atoms with Crippen molar-refractivity contribution < 1.29 is 0 Å². The van der Waals surface area contributed by atoms with E-state index in [0.717, 1.165) is 23.7 Å². The van der Waals surface area contributed by atoms with E-state index in [1.165, 1.54) is 4.88 Å². The van der Waals surface area contributed by atoms with Gasteiger partial charge in [-0.2, -0.15) is 0 Å². The summed E-state index contributed by atoms with van der Waals surface area (Å²) in [7, 11) is 0. The van der Waals surface area contributed by atoms with Gasteiger partial charge in [-0.25, -0.2) is 4.98 Å². The van der Waals surface area contributed by atoms with Gasteiger partial charge in [0.05, 0.1) is 21.6 Å².